The van der Waals surface area contributed by atoms with Crippen molar-refractivity contribution in [2.75, 3.05) is 0 Å². The van der Waals surface area contributed by atoms with Crippen LogP contribution in [0.1, 0.15) is 17.3 Å². The molecule has 94 valence electrons. The molecule has 0 bridgehead atoms. The zero-order valence-corrected chi connectivity index (χ0v) is 12.3. The van der Waals surface area contributed by atoms with E-state index in [2.05, 4.69) is 20.7 Å². The molecule has 17 heavy (non-hydrogen) atoms. The highest BCUT2D eigenvalue weighted by Crippen LogP contribution is 2.32. The Kier molecular flexibility index (Phi) is 4.82. The van der Waals surface area contributed by atoms with Crippen molar-refractivity contribution in [3.63, 3.8) is 0 Å². The number of benzene rings is 1. The first-order chi connectivity index (χ1) is 7.70. The predicted molar refractivity (Wildman–Crippen MR) is 68.2 cm³/mol. The second-order valence-corrected chi connectivity index (χ2v) is 5.29. The number of carbonyl (C=O) groups excluding carboxylic acids is 1. The van der Waals surface area contributed by atoms with Gasteiger partial charge in [0.15, 0.2) is 0 Å². The summed E-state index contributed by atoms with van der Waals surface area (Å²) in [6, 6.07) is 4.25. The third-order valence-corrected chi connectivity index (χ3v) is 3.90. The molecule has 0 spiro atoms. The number of Topliss-reactive ketones (excluding diaryl/α,β-unsaturated/α-hetero) is 1. The molecule has 0 fully saturated rings. The van der Waals surface area contributed by atoms with Crippen LogP contribution in [0.25, 0.3) is 0 Å². The Labute approximate surface area is 118 Å². The second-order valence-electron chi connectivity index (χ2n) is 3.21. The summed E-state index contributed by atoms with van der Waals surface area (Å²) in [5.74, 6) is -0.495. The molecule has 1 aromatic carbocycles. The minimum absolute atomic E-state index is 0.191. The van der Waals surface area contributed by atoms with Gasteiger partial charge in [-0.3, -0.25) is 4.79 Å². The SMILES string of the molecule is CC(=O)C(Br)c1ccc(I)c(OC(F)(F)F)c1. The van der Waals surface area contributed by atoms with Crippen molar-refractivity contribution in [3.8, 4) is 5.75 Å². The van der Waals surface area contributed by atoms with Gasteiger partial charge in [-0.1, -0.05) is 22.0 Å². The van der Waals surface area contributed by atoms with E-state index in [1.165, 1.54) is 19.1 Å². The van der Waals surface area contributed by atoms with Crippen molar-refractivity contribution in [2.45, 2.75) is 18.1 Å². The summed E-state index contributed by atoms with van der Waals surface area (Å²) >= 11 is 4.83. The summed E-state index contributed by atoms with van der Waals surface area (Å²) in [6.07, 6.45) is -4.74. The number of hydrogen-bond donors (Lipinski definition) is 0. The van der Waals surface area contributed by atoms with Crippen molar-refractivity contribution in [1.82, 2.24) is 0 Å². The third kappa shape index (κ3) is 4.46. The lowest BCUT2D eigenvalue weighted by molar-refractivity contribution is -0.274. The summed E-state index contributed by atoms with van der Waals surface area (Å²) in [5.41, 5.74) is 0.428. The van der Waals surface area contributed by atoms with E-state index in [1.807, 2.05) is 0 Å². The lowest BCUT2D eigenvalue weighted by Crippen LogP contribution is -2.18. The van der Waals surface area contributed by atoms with E-state index in [1.54, 1.807) is 28.7 Å². The van der Waals surface area contributed by atoms with Crippen LogP contribution < -0.4 is 4.74 Å². The van der Waals surface area contributed by atoms with Gasteiger partial charge in [0, 0.05) is 0 Å². The van der Waals surface area contributed by atoms with Gasteiger partial charge >= 0.3 is 6.36 Å². The minimum atomic E-state index is -4.74. The van der Waals surface area contributed by atoms with Gasteiger partial charge in [0.1, 0.15) is 11.5 Å². The molecule has 0 saturated carbocycles. The first-order valence-electron chi connectivity index (χ1n) is 4.40. The van der Waals surface area contributed by atoms with Crippen molar-refractivity contribution >= 4 is 44.3 Å². The Hall–Kier alpha value is -0.310. The number of ether oxygens (including phenoxy) is 1. The average Bonchev–Trinajstić information content (AvgIpc) is 2.18. The smallest absolute Gasteiger partial charge is 0.405 e. The van der Waals surface area contributed by atoms with Crippen LogP contribution in [0.2, 0.25) is 0 Å². The largest absolute Gasteiger partial charge is 0.573 e. The highest BCUT2D eigenvalue weighted by molar-refractivity contribution is 14.1. The molecule has 0 saturated heterocycles. The minimum Gasteiger partial charge on any atom is -0.405 e. The molecule has 0 aliphatic carbocycles. The zero-order valence-electron chi connectivity index (χ0n) is 8.52. The summed E-state index contributed by atoms with van der Waals surface area (Å²) in [5, 5.41) is 0. The van der Waals surface area contributed by atoms with E-state index in [-0.39, 0.29) is 11.5 Å². The fraction of sp³-hybridized carbons (Fsp3) is 0.300. The maximum absolute atomic E-state index is 12.1. The van der Waals surface area contributed by atoms with Gasteiger partial charge in [-0.2, -0.15) is 0 Å². The molecule has 1 aromatic rings. The van der Waals surface area contributed by atoms with Crippen molar-refractivity contribution in [3.05, 3.63) is 27.3 Å². The van der Waals surface area contributed by atoms with E-state index >= 15 is 0 Å². The Morgan fingerprint density at radius 2 is 2.06 bits per heavy atom. The van der Waals surface area contributed by atoms with Gasteiger partial charge in [-0.15, -0.1) is 13.2 Å². The number of rotatable bonds is 3. The van der Waals surface area contributed by atoms with Gasteiger partial charge in [0.25, 0.3) is 0 Å². The van der Waals surface area contributed by atoms with Gasteiger partial charge < -0.3 is 4.74 Å². The summed E-state index contributed by atoms with van der Waals surface area (Å²) < 4.78 is 40.5. The predicted octanol–water partition coefficient (Wildman–Crippen LogP) is 4.21. The molecule has 0 heterocycles. The highest BCUT2D eigenvalue weighted by atomic mass is 127. The number of ketones is 1. The Bertz CT molecular complexity index is 434. The van der Waals surface area contributed by atoms with Crippen LogP contribution in [0.3, 0.4) is 0 Å². The molecule has 0 aliphatic rings. The Balaban J connectivity index is 3.06. The van der Waals surface area contributed by atoms with Gasteiger partial charge in [-0.25, -0.2) is 0 Å². The van der Waals surface area contributed by atoms with Crippen LogP contribution in [0.15, 0.2) is 18.2 Å². The number of hydrogen-bond acceptors (Lipinski definition) is 2. The van der Waals surface area contributed by atoms with E-state index in [9.17, 15) is 18.0 Å². The highest BCUT2D eigenvalue weighted by Gasteiger charge is 2.32. The lowest BCUT2D eigenvalue weighted by Gasteiger charge is -2.13. The normalized spacial score (nSPS) is 13.3. The summed E-state index contributed by atoms with van der Waals surface area (Å²) in [7, 11) is 0. The zero-order chi connectivity index (χ0) is 13.2. The fourth-order valence-electron chi connectivity index (χ4n) is 1.12. The second kappa shape index (κ2) is 5.55. The average molecular weight is 423 g/mol. The molecule has 0 aromatic heterocycles. The van der Waals surface area contributed by atoms with Crippen LogP contribution in [-0.4, -0.2) is 12.1 Å². The molecular formula is C10H7BrF3IO2. The molecule has 0 amide bonds. The van der Waals surface area contributed by atoms with E-state index in [0.29, 0.717) is 9.13 Å². The van der Waals surface area contributed by atoms with Crippen molar-refractivity contribution in [1.29, 1.82) is 0 Å². The third-order valence-electron chi connectivity index (χ3n) is 1.83. The van der Waals surface area contributed by atoms with E-state index in [0.717, 1.165) is 0 Å². The molecule has 1 unspecified atom stereocenters. The fourth-order valence-corrected chi connectivity index (χ4v) is 1.85. The van der Waals surface area contributed by atoms with Crippen LogP contribution in [0.5, 0.6) is 5.75 Å². The van der Waals surface area contributed by atoms with E-state index in [4.69, 9.17) is 0 Å². The van der Waals surface area contributed by atoms with Crippen LogP contribution in [-0.2, 0) is 4.79 Å². The maximum Gasteiger partial charge on any atom is 0.573 e. The molecule has 7 heteroatoms. The Morgan fingerprint density at radius 3 is 2.53 bits per heavy atom. The van der Waals surface area contributed by atoms with Gasteiger partial charge in [-0.05, 0) is 47.2 Å². The molecule has 1 atom stereocenters. The quantitative estimate of drug-likeness (QED) is 0.538. The molecule has 2 nitrogen and oxygen atoms in total. The van der Waals surface area contributed by atoms with Crippen LogP contribution >= 0.6 is 38.5 Å². The van der Waals surface area contributed by atoms with Crippen LogP contribution in [0.4, 0.5) is 13.2 Å². The van der Waals surface area contributed by atoms with E-state index < -0.39 is 11.2 Å². The molecule has 0 radical (unpaired) electrons. The first-order valence-corrected chi connectivity index (χ1v) is 6.40. The standard InChI is InChI=1S/C10H7BrF3IO2/c1-5(16)9(11)6-2-3-7(15)8(4-6)17-10(12,13)14/h2-4,9H,1H3. The summed E-state index contributed by atoms with van der Waals surface area (Å²) in [6.45, 7) is 1.35. The molecule has 0 aliphatic heterocycles. The summed E-state index contributed by atoms with van der Waals surface area (Å²) in [4.78, 5) is 10.5. The number of halogens is 5. The lowest BCUT2D eigenvalue weighted by atomic mass is 10.1. The molecular weight excluding hydrogens is 416 g/mol. The monoisotopic (exact) mass is 422 g/mol. The number of carbonyl (C=O) groups is 1. The van der Waals surface area contributed by atoms with Crippen molar-refractivity contribution < 1.29 is 22.7 Å². The van der Waals surface area contributed by atoms with Crippen molar-refractivity contribution in [2.24, 2.45) is 0 Å². The van der Waals surface area contributed by atoms with Gasteiger partial charge in [0.05, 0.1) is 8.40 Å². The molecule has 1 rings (SSSR count). The Morgan fingerprint density at radius 1 is 1.47 bits per heavy atom. The van der Waals surface area contributed by atoms with Gasteiger partial charge in [0.2, 0.25) is 0 Å². The number of alkyl halides is 4. The molecule has 0 N–H and O–H groups in total. The van der Waals surface area contributed by atoms with Crippen LogP contribution in [0, 0.1) is 3.57 Å². The topological polar surface area (TPSA) is 26.3 Å². The first kappa shape index (κ1) is 14.7. The maximum atomic E-state index is 12.1.